The SMILES string of the molecule is COc1cc(Cl)cc([C@@](O)(C(=O)N2CCC(CC3CCN(c4ccc(C(=O)N(C)C)c(Cl)c4)CC3)CC2)C(F)(F)F)c1. The first-order chi connectivity index (χ1) is 19.7. The van der Waals surface area contributed by atoms with Gasteiger partial charge in [-0.05, 0) is 80.3 Å². The molecule has 0 radical (unpaired) electrons. The Hall–Kier alpha value is -2.69. The highest BCUT2D eigenvalue weighted by Crippen LogP contribution is 2.43. The number of hydrogen-bond donors (Lipinski definition) is 1. The van der Waals surface area contributed by atoms with Crippen molar-refractivity contribution in [2.24, 2.45) is 11.8 Å². The Morgan fingerprint density at radius 2 is 1.57 bits per heavy atom. The van der Waals surface area contributed by atoms with E-state index >= 15 is 0 Å². The lowest BCUT2D eigenvalue weighted by molar-refractivity contribution is -0.262. The Balaban J connectivity index is 1.33. The Labute approximate surface area is 254 Å². The van der Waals surface area contributed by atoms with E-state index in [1.807, 2.05) is 12.1 Å². The van der Waals surface area contributed by atoms with Crippen LogP contribution in [0.1, 0.15) is 48.0 Å². The molecular formula is C30H36Cl2F3N3O4. The van der Waals surface area contributed by atoms with Crippen molar-refractivity contribution in [3.63, 3.8) is 0 Å². The first kappa shape index (κ1) is 32.2. The molecule has 0 saturated carbocycles. The normalized spacial score (nSPS) is 18.5. The maximum atomic E-state index is 14.2. The zero-order valence-electron chi connectivity index (χ0n) is 23.9. The number of nitrogens with zero attached hydrogens (tertiary/aromatic N) is 3. The summed E-state index contributed by atoms with van der Waals surface area (Å²) in [5, 5.41) is 11.2. The van der Waals surface area contributed by atoms with Gasteiger partial charge in [-0.25, -0.2) is 0 Å². The van der Waals surface area contributed by atoms with E-state index in [-0.39, 0.29) is 35.7 Å². The molecule has 2 amide bonds. The van der Waals surface area contributed by atoms with Gasteiger partial charge in [-0.3, -0.25) is 9.59 Å². The zero-order chi connectivity index (χ0) is 30.8. The molecule has 12 heteroatoms. The predicted octanol–water partition coefficient (Wildman–Crippen LogP) is 6.00. The second-order valence-electron chi connectivity index (χ2n) is 11.4. The van der Waals surface area contributed by atoms with Crippen molar-refractivity contribution in [2.45, 2.75) is 43.9 Å². The first-order valence-electron chi connectivity index (χ1n) is 13.9. The quantitative estimate of drug-likeness (QED) is 0.407. The Bertz CT molecular complexity index is 1290. The van der Waals surface area contributed by atoms with Gasteiger partial charge in [0.2, 0.25) is 0 Å². The van der Waals surface area contributed by atoms with Crippen LogP contribution >= 0.6 is 23.2 Å². The molecular weight excluding hydrogens is 594 g/mol. The molecule has 42 heavy (non-hydrogen) atoms. The molecule has 0 bridgehead atoms. The minimum absolute atomic E-state index is 0.0114. The molecule has 2 fully saturated rings. The molecule has 2 heterocycles. The lowest BCUT2D eigenvalue weighted by atomic mass is 9.82. The number of anilines is 1. The molecule has 1 N–H and O–H groups in total. The summed E-state index contributed by atoms with van der Waals surface area (Å²) in [6, 6.07) is 8.73. The van der Waals surface area contributed by atoms with E-state index in [0.717, 1.165) is 55.1 Å². The number of carbonyl (C=O) groups is 2. The molecule has 1 atom stereocenters. The highest BCUT2D eigenvalue weighted by Gasteiger charge is 2.62. The van der Waals surface area contributed by atoms with Crippen molar-refractivity contribution >= 4 is 40.7 Å². The largest absolute Gasteiger partial charge is 0.497 e. The summed E-state index contributed by atoms with van der Waals surface area (Å²) in [5.74, 6) is -0.794. The van der Waals surface area contributed by atoms with E-state index in [4.69, 9.17) is 27.9 Å². The fraction of sp³-hybridized carbons (Fsp3) is 0.533. The predicted molar refractivity (Wildman–Crippen MR) is 156 cm³/mol. The molecule has 2 aliphatic rings. The highest BCUT2D eigenvalue weighted by molar-refractivity contribution is 6.34. The van der Waals surface area contributed by atoms with Crippen LogP contribution in [-0.4, -0.2) is 80.3 Å². The van der Waals surface area contributed by atoms with Crippen LogP contribution < -0.4 is 9.64 Å². The molecule has 230 valence electrons. The number of ether oxygens (including phenoxy) is 1. The second-order valence-corrected chi connectivity index (χ2v) is 12.2. The summed E-state index contributed by atoms with van der Waals surface area (Å²) >= 11 is 12.4. The second kappa shape index (κ2) is 12.9. The highest BCUT2D eigenvalue weighted by atomic mass is 35.5. The van der Waals surface area contributed by atoms with E-state index in [2.05, 4.69) is 4.90 Å². The average molecular weight is 631 g/mol. The Morgan fingerprint density at radius 3 is 2.10 bits per heavy atom. The van der Waals surface area contributed by atoms with Gasteiger partial charge in [0.05, 0.1) is 17.7 Å². The van der Waals surface area contributed by atoms with Crippen LogP contribution in [-0.2, 0) is 10.4 Å². The van der Waals surface area contributed by atoms with Gasteiger partial charge in [0.1, 0.15) is 5.75 Å². The molecule has 2 aromatic rings. The minimum Gasteiger partial charge on any atom is -0.497 e. The summed E-state index contributed by atoms with van der Waals surface area (Å²) in [4.78, 5) is 30.3. The monoisotopic (exact) mass is 629 g/mol. The topological polar surface area (TPSA) is 73.3 Å². The van der Waals surface area contributed by atoms with Gasteiger partial charge in [-0.15, -0.1) is 0 Å². The Kier molecular flexibility index (Phi) is 9.89. The number of aliphatic hydroxyl groups is 1. The number of alkyl halides is 3. The number of benzene rings is 2. The number of carbonyl (C=O) groups excluding carboxylic acids is 2. The lowest BCUT2D eigenvalue weighted by Crippen LogP contribution is -2.57. The lowest BCUT2D eigenvalue weighted by Gasteiger charge is -2.40. The van der Waals surface area contributed by atoms with Gasteiger partial charge in [-0.2, -0.15) is 13.2 Å². The Morgan fingerprint density at radius 1 is 0.976 bits per heavy atom. The third-order valence-electron chi connectivity index (χ3n) is 8.38. The number of rotatable bonds is 7. The standard InChI is InChI=1S/C30H36Cl2F3N3O4/c1-36(2)27(39)25-5-4-23(18-26(25)32)37-10-6-19(7-11-37)14-20-8-12-38(13-9-20)28(40)29(41,30(33,34)35)21-15-22(31)17-24(16-21)42-3/h4-5,15-20,41H,6-14H2,1-3H3/t29-/m1/s1. The average Bonchev–Trinajstić information content (AvgIpc) is 2.95. The van der Waals surface area contributed by atoms with E-state index in [9.17, 15) is 27.9 Å². The number of likely N-dealkylation sites (tertiary alicyclic amines) is 1. The summed E-state index contributed by atoms with van der Waals surface area (Å²) in [6.07, 6.45) is -1.27. The van der Waals surface area contributed by atoms with Crippen molar-refractivity contribution in [1.82, 2.24) is 9.80 Å². The third-order valence-corrected chi connectivity index (χ3v) is 8.91. The summed E-state index contributed by atoms with van der Waals surface area (Å²) in [5.41, 5.74) is -2.97. The van der Waals surface area contributed by atoms with Crippen molar-refractivity contribution in [3.8, 4) is 5.75 Å². The van der Waals surface area contributed by atoms with Gasteiger partial charge < -0.3 is 24.5 Å². The van der Waals surface area contributed by atoms with Crippen LogP contribution in [0.5, 0.6) is 5.75 Å². The number of amides is 2. The molecule has 0 unspecified atom stereocenters. The number of halogens is 5. The molecule has 4 rings (SSSR count). The molecule has 2 saturated heterocycles. The van der Waals surface area contributed by atoms with Gasteiger partial charge >= 0.3 is 6.18 Å². The summed E-state index contributed by atoms with van der Waals surface area (Å²) in [6.45, 7) is 1.94. The van der Waals surface area contributed by atoms with E-state index in [1.165, 1.54) is 18.1 Å². The van der Waals surface area contributed by atoms with E-state index in [1.54, 1.807) is 20.2 Å². The van der Waals surface area contributed by atoms with Crippen LogP contribution in [0.2, 0.25) is 10.0 Å². The molecule has 2 aliphatic heterocycles. The smallest absolute Gasteiger partial charge is 0.430 e. The zero-order valence-corrected chi connectivity index (χ0v) is 25.4. The molecule has 7 nitrogen and oxygen atoms in total. The third kappa shape index (κ3) is 6.76. The molecule has 2 aromatic carbocycles. The van der Waals surface area contributed by atoms with Gasteiger partial charge in [0.25, 0.3) is 17.4 Å². The van der Waals surface area contributed by atoms with E-state index in [0.29, 0.717) is 29.3 Å². The van der Waals surface area contributed by atoms with Crippen LogP contribution in [0.4, 0.5) is 18.9 Å². The van der Waals surface area contributed by atoms with Crippen LogP contribution in [0, 0.1) is 11.8 Å². The number of methoxy groups -OCH3 is 1. The summed E-state index contributed by atoms with van der Waals surface area (Å²) < 4.78 is 47.6. The van der Waals surface area contributed by atoms with Crippen molar-refractivity contribution in [3.05, 3.63) is 57.6 Å². The van der Waals surface area contributed by atoms with Crippen molar-refractivity contribution < 1.29 is 32.6 Å². The minimum atomic E-state index is -5.25. The fourth-order valence-electron chi connectivity index (χ4n) is 5.91. The van der Waals surface area contributed by atoms with Gasteiger partial charge in [-0.1, -0.05) is 23.2 Å². The maximum Gasteiger partial charge on any atom is 0.430 e. The molecule has 0 aliphatic carbocycles. The summed E-state index contributed by atoms with van der Waals surface area (Å²) in [7, 11) is 4.63. The molecule has 0 aromatic heterocycles. The van der Waals surface area contributed by atoms with Crippen molar-refractivity contribution in [2.75, 3.05) is 52.3 Å². The van der Waals surface area contributed by atoms with E-state index < -0.39 is 23.2 Å². The van der Waals surface area contributed by atoms with Crippen LogP contribution in [0.3, 0.4) is 0 Å². The van der Waals surface area contributed by atoms with Crippen LogP contribution in [0.15, 0.2) is 36.4 Å². The molecule has 0 spiro atoms. The van der Waals surface area contributed by atoms with Crippen LogP contribution in [0.25, 0.3) is 0 Å². The van der Waals surface area contributed by atoms with Gasteiger partial charge in [0, 0.05) is 56.5 Å². The maximum absolute atomic E-state index is 14.2. The van der Waals surface area contributed by atoms with Gasteiger partial charge in [0.15, 0.2) is 0 Å². The number of piperidine rings is 2. The van der Waals surface area contributed by atoms with Crippen molar-refractivity contribution in [1.29, 1.82) is 0 Å². The first-order valence-corrected chi connectivity index (χ1v) is 14.7. The number of hydrogen-bond acceptors (Lipinski definition) is 5. The fourth-order valence-corrected chi connectivity index (χ4v) is 6.39.